The van der Waals surface area contributed by atoms with Crippen molar-refractivity contribution in [1.29, 1.82) is 0 Å². The van der Waals surface area contributed by atoms with Crippen molar-refractivity contribution in [3.8, 4) is 0 Å². The van der Waals surface area contributed by atoms with Gasteiger partial charge in [0.05, 0.1) is 12.1 Å². The lowest BCUT2D eigenvalue weighted by Gasteiger charge is -2.32. The fourth-order valence-corrected chi connectivity index (χ4v) is 2.11. The van der Waals surface area contributed by atoms with Crippen molar-refractivity contribution in [1.82, 2.24) is 4.90 Å². The van der Waals surface area contributed by atoms with Gasteiger partial charge in [0.1, 0.15) is 0 Å². The Bertz CT molecular complexity index is 265. The van der Waals surface area contributed by atoms with Gasteiger partial charge in [-0.3, -0.25) is 4.79 Å². The Balaban J connectivity index is 2.53. The maximum atomic E-state index is 12.5. The highest BCUT2D eigenvalue weighted by atomic mass is 16.5. The molecule has 0 saturated heterocycles. The summed E-state index contributed by atoms with van der Waals surface area (Å²) in [6, 6.07) is 0. The molecule has 1 unspecified atom stereocenters. The molecule has 1 rings (SSSR count). The molecule has 0 heterocycles. The van der Waals surface area contributed by atoms with Crippen molar-refractivity contribution in [3.05, 3.63) is 0 Å². The van der Waals surface area contributed by atoms with Gasteiger partial charge in [0.2, 0.25) is 5.91 Å². The predicted octanol–water partition coefficient (Wildman–Crippen LogP) is 0.625. The van der Waals surface area contributed by atoms with Crippen LogP contribution in [0.5, 0.6) is 0 Å². The zero-order chi connectivity index (χ0) is 13.6. The third-order valence-corrected chi connectivity index (χ3v) is 3.52. The van der Waals surface area contributed by atoms with Crippen LogP contribution >= 0.6 is 0 Å². The number of hydrogen-bond donors (Lipinski definition) is 1. The summed E-state index contributed by atoms with van der Waals surface area (Å²) in [6.07, 6.45) is 2.95. The fraction of sp³-hybridized carbons (Fsp3) is 0.923. The zero-order valence-corrected chi connectivity index (χ0v) is 11.8. The molecule has 1 aliphatic rings. The predicted molar refractivity (Wildman–Crippen MR) is 70.3 cm³/mol. The standard InChI is InChI=1S/C13H26N2O3/c1-13(14,11-5-6-11)12(16)15(8-10-18-3)7-4-9-17-2/h11H,4-10,14H2,1-3H3. The largest absolute Gasteiger partial charge is 0.385 e. The average molecular weight is 258 g/mol. The molecule has 1 aliphatic carbocycles. The van der Waals surface area contributed by atoms with Gasteiger partial charge in [-0.1, -0.05) is 0 Å². The summed E-state index contributed by atoms with van der Waals surface area (Å²) >= 11 is 0. The molecule has 0 aromatic heterocycles. The average Bonchev–Trinajstić information content (AvgIpc) is 3.17. The van der Waals surface area contributed by atoms with Crippen LogP contribution in [0.15, 0.2) is 0 Å². The maximum Gasteiger partial charge on any atom is 0.242 e. The second-order valence-electron chi connectivity index (χ2n) is 5.19. The molecule has 1 amide bonds. The van der Waals surface area contributed by atoms with Crippen molar-refractivity contribution >= 4 is 5.91 Å². The van der Waals surface area contributed by atoms with Crippen molar-refractivity contribution in [3.63, 3.8) is 0 Å². The van der Waals surface area contributed by atoms with Crippen LogP contribution in [0.4, 0.5) is 0 Å². The first-order valence-corrected chi connectivity index (χ1v) is 6.60. The van der Waals surface area contributed by atoms with E-state index in [0.29, 0.717) is 32.2 Å². The molecule has 5 heteroatoms. The first kappa shape index (κ1) is 15.4. The maximum absolute atomic E-state index is 12.5. The molecule has 0 aromatic carbocycles. The molecular formula is C13H26N2O3. The van der Waals surface area contributed by atoms with E-state index in [1.54, 1.807) is 19.1 Å². The molecule has 1 atom stereocenters. The van der Waals surface area contributed by atoms with Crippen LogP contribution in [0.3, 0.4) is 0 Å². The molecule has 0 aromatic rings. The summed E-state index contributed by atoms with van der Waals surface area (Å²) in [7, 11) is 3.30. The van der Waals surface area contributed by atoms with Crippen molar-refractivity contribution < 1.29 is 14.3 Å². The zero-order valence-electron chi connectivity index (χ0n) is 11.8. The van der Waals surface area contributed by atoms with E-state index in [1.807, 2.05) is 6.92 Å². The van der Waals surface area contributed by atoms with Crippen molar-refractivity contribution in [2.45, 2.75) is 31.7 Å². The molecule has 0 bridgehead atoms. The Labute approximate surface area is 110 Å². The summed E-state index contributed by atoms with van der Waals surface area (Å²) in [5.74, 6) is 0.385. The first-order chi connectivity index (χ1) is 8.54. The lowest BCUT2D eigenvalue weighted by molar-refractivity contribution is -0.138. The minimum atomic E-state index is -0.721. The summed E-state index contributed by atoms with van der Waals surface area (Å²) in [6.45, 7) is 4.32. The van der Waals surface area contributed by atoms with Gasteiger partial charge < -0.3 is 20.1 Å². The normalized spacial score (nSPS) is 18.4. The van der Waals surface area contributed by atoms with Gasteiger partial charge in [0.15, 0.2) is 0 Å². The molecule has 0 radical (unpaired) electrons. The minimum absolute atomic E-state index is 0.0400. The Morgan fingerprint density at radius 3 is 2.39 bits per heavy atom. The summed E-state index contributed by atoms with van der Waals surface area (Å²) in [5, 5.41) is 0. The van der Waals surface area contributed by atoms with E-state index >= 15 is 0 Å². The Kier molecular flexibility index (Phi) is 6.05. The number of amides is 1. The van der Waals surface area contributed by atoms with E-state index in [-0.39, 0.29) is 5.91 Å². The van der Waals surface area contributed by atoms with E-state index in [4.69, 9.17) is 15.2 Å². The molecular weight excluding hydrogens is 232 g/mol. The van der Waals surface area contributed by atoms with Crippen molar-refractivity contribution in [2.24, 2.45) is 11.7 Å². The number of nitrogens with two attached hydrogens (primary N) is 1. The highest BCUT2D eigenvalue weighted by Crippen LogP contribution is 2.38. The number of nitrogens with zero attached hydrogens (tertiary/aromatic N) is 1. The smallest absolute Gasteiger partial charge is 0.242 e. The molecule has 0 aliphatic heterocycles. The molecule has 18 heavy (non-hydrogen) atoms. The number of ether oxygens (including phenoxy) is 2. The van der Waals surface area contributed by atoms with E-state index in [9.17, 15) is 4.79 Å². The fourth-order valence-electron chi connectivity index (χ4n) is 2.11. The summed E-state index contributed by atoms with van der Waals surface area (Å²) < 4.78 is 10.1. The van der Waals surface area contributed by atoms with Crippen LogP contribution in [-0.2, 0) is 14.3 Å². The Morgan fingerprint density at radius 2 is 1.89 bits per heavy atom. The molecule has 1 saturated carbocycles. The van der Waals surface area contributed by atoms with Gasteiger partial charge in [-0.25, -0.2) is 0 Å². The quantitative estimate of drug-likeness (QED) is 0.616. The first-order valence-electron chi connectivity index (χ1n) is 6.60. The minimum Gasteiger partial charge on any atom is -0.385 e. The number of methoxy groups -OCH3 is 2. The van der Waals surface area contributed by atoms with Crippen molar-refractivity contribution in [2.75, 3.05) is 40.5 Å². The van der Waals surface area contributed by atoms with Crippen LogP contribution in [0.2, 0.25) is 0 Å². The third-order valence-electron chi connectivity index (χ3n) is 3.52. The van der Waals surface area contributed by atoms with Gasteiger partial charge in [-0.2, -0.15) is 0 Å². The summed E-state index contributed by atoms with van der Waals surface area (Å²) in [5.41, 5.74) is 5.46. The highest BCUT2D eigenvalue weighted by Gasteiger charge is 2.45. The Hall–Kier alpha value is -0.650. The number of carbonyl (C=O) groups is 1. The van der Waals surface area contributed by atoms with Gasteiger partial charge in [-0.15, -0.1) is 0 Å². The van der Waals surface area contributed by atoms with E-state index in [1.165, 1.54) is 0 Å². The van der Waals surface area contributed by atoms with Gasteiger partial charge in [-0.05, 0) is 32.1 Å². The molecule has 5 nitrogen and oxygen atoms in total. The summed E-state index contributed by atoms with van der Waals surface area (Å²) in [4.78, 5) is 14.3. The number of rotatable bonds is 9. The Morgan fingerprint density at radius 1 is 1.28 bits per heavy atom. The lowest BCUT2D eigenvalue weighted by Crippen LogP contribution is -2.55. The second kappa shape index (κ2) is 7.07. The van der Waals surface area contributed by atoms with Crippen LogP contribution in [-0.4, -0.2) is 56.9 Å². The van der Waals surface area contributed by atoms with Crippen LogP contribution in [0, 0.1) is 5.92 Å². The monoisotopic (exact) mass is 258 g/mol. The van der Waals surface area contributed by atoms with E-state index in [2.05, 4.69) is 0 Å². The number of carbonyl (C=O) groups excluding carboxylic acids is 1. The van der Waals surface area contributed by atoms with Gasteiger partial charge in [0.25, 0.3) is 0 Å². The molecule has 2 N–H and O–H groups in total. The molecule has 106 valence electrons. The van der Waals surface area contributed by atoms with Crippen LogP contribution in [0.25, 0.3) is 0 Å². The SMILES string of the molecule is COCCCN(CCOC)C(=O)C(C)(N)C1CC1. The van der Waals surface area contributed by atoms with E-state index < -0.39 is 5.54 Å². The van der Waals surface area contributed by atoms with Crippen LogP contribution in [0.1, 0.15) is 26.2 Å². The second-order valence-corrected chi connectivity index (χ2v) is 5.19. The highest BCUT2D eigenvalue weighted by molar-refractivity contribution is 5.86. The topological polar surface area (TPSA) is 64.8 Å². The number of hydrogen-bond acceptors (Lipinski definition) is 4. The van der Waals surface area contributed by atoms with Gasteiger partial charge >= 0.3 is 0 Å². The molecule has 0 spiro atoms. The van der Waals surface area contributed by atoms with E-state index in [0.717, 1.165) is 19.3 Å². The van der Waals surface area contributed by atoms with Crippen LogP contribution < -0.4 is 5.73 Å². The van der Waals surface area contributed by atoms with Gasteiger partial charge in [0, 0.05) is 33.9 Å². The third kappa shape index (κ3) is 4.23. The molecule has 1 fully saturated rings. The lowest BCUT2D eigenvalue weighted by atomic mass is 9.95.